The Balaban J connectivity index is 1.88. The standard InChI is InChI=1S/C18H18ClN3O5S/c1-2-21(13-6-4-3-5-7-13)28(26,27)17-10-12(8-9-15(17)19)20-18(23)14-11-16(14)22(24)25/h3-10,14,16H,2,11H2,1H3,(H,20,23)/t14-,16+/m0/s1. The summed E-state index contributed by atoms with van der Waals surface area (Å²) in [6, 6.07) is 11.8. The Kier molecular flexibility index (Phi) is 5.57. The maximum Gasteiger partial charge on any atom is 0.265 e. The summed E-state index contributed by atoms with van der Waals surface area (Å²) in [6.07, 6.45) is 0.176. The van der Waals surface area contributed by atoms with Crippen LogP contribution in [0.2, 0.25) is 5.02 Å². The fourth-order valence-corrected chi connectivity index (χ4v) is 4.89. The van der Waals surface area contributed by atoms with E-state index >= 15 is 0 Å². The average Bonchev–Trinajstić information content (AvgIpc) is 3.46. The number of halogens is 1. The lowest BCUT2D eigenvalue weighted by atomic mass is 10.3. The van der Waals surface area contributed by atoms with Crippen LogP contribution in [0, 0.1) is 16.0 Å². The van der Waals surface area contributed by atoms with Crippen molar-refractivity contribution >= 4 is 38.9 Å². The lowest BCUT2D eigenvalue weighted by Gasteiger charge is -2.23. The molecule has 1 fully saturated rings. The second-order valence-electron chi connectivity index (χ2n) is 6.33. The van der Waals surface area contributed by atoms with E-state index in [-0.39, 0.29) is 28.6 Å². The minimum atomic E-state index is -3.98. The van der Waals surface area contributed by atoms with Crippen molar-refractivity contribution in [3.8, 4) is 0 Å². The monoisotopic (exact) mass is 423 g/mol. The van der Waals surface area contributed by atoms with Gasteiger partial charge < -0.3 is 5.32 Å². The second-order valence-corrected chi connectivity index (χ2v) is 8.57. The van der Waals surface area contributed by atoms with Gasteiger partial charge in [-0.3, -0.25) is 19.2 Å². The minimum absolute atomic E-state index is 0.0157. The zero-order valence-electron chi connectivity index (χ0n) is 14.9. The van der Waals surface area contributed by atoms with E-state index in [0.29, 0.717) is 5.69 Å². The number of carbonyl (C=O) groups is 1. The van der Waals surface area contributed by atoms with Gasteiger partial charge >= 0.3 is 0 Å². The molecule has 1 aliphatic carbocycles. The predicted octanol–water partition coefficient (Wildman–Crippen LogP) is 3.16. The topological polar surface area (TPSA) is 110 Å². The summed E-state index contributed by atoms with van der Waals surface area (Å²) >= 11 is 6.14. The molecular weight excluding hydrogens is 406 g/mol. The van der Waals surface area contributed by atoms with E-state index in [9.17, 15) is 23.3 Å². The van der Waals surface area contributed by atoms with E-state index < -0.39 is 32.8 Å². The van der Waals surface area contributed by atoms with Gasteiger partial charge in [0.25, 0.3) is 10.0 Å². The Morgan fingerprint density at radius 2 is 1.96 bits per heavy atom. The average molecular weight is 424 g/mol. The highest BCUT2D eigenvalue weighted by molar-refractivity contribution is 7.93. The van der Waals surface area contributed by atoms with Crippen LogP contribution < -0.4 is 9.62 Å². The van der Waals surface area contributed by atoms with Crippen molar-refractivity contribution in [2.75, 3.05) is 16.2 Å². The first-order valence-corrected chi connectivity index (χ1v) is 10.4. The van der Waals surface area contributed by atoms with Crippen molar-refractivity contribution in [1.82, 2.24) is 0 Å². The number of hydrogen-bond acceptors (Lipinski definition) is 5. The number of para-hydroxylation sites is 1. The fourth-order valence-electron chi connectivity index (χ4n) is 2.91. The molecular formula is C18H18ClN3O5S. The third-order valence-corrected chi connectivity index (χ3v) is 6.85. The van der Waals surface area contributed by atoms with Crippen molar-refractivity contribution in [1.29, 1.82) is 0 Å². The molecule has 148 valence electrons. The Bertz CT molecular complexity index is 1010. The molecule has 1 amide bonds. The van der Waals surface area contributed by atoms with Gasteiger partial charge in [-0.15, -0.1) is 0 Å². The summed E-state index contributed by atoms with van der Waals surface area (Å²) in [5.74, 6) is -1.22. The molecule has 0 aromatic heterocycles. The van der Waals surface area contributed by atoms with E-state index in [4.69, 9.17) is 11.6 Å². The van der Waals surface area contributed by atoms with E-state index in [2.05, 4.69) is 5.32 Å². The van der Waals surface area contributed by atoms with Crippen LogP contribution in [0.4, 0.5) is 11.4 Å². The Hall–Kier alpha value is -2.65. The highest BCUT2D eigenvalue weighted by Gasteiger charge is 2.53. The number of anilines is 2. The predicted molar refractivity (Wildman–Crippen MR) is 106 cm³/mol. The molecule has 3 rings (SSSR count). The molecule has 2 atom stereocenters. The lowest BCUT2D eigenvalue weighted by Crippen LogP contribution is -2.31. The van der Waals surface area contributed by atoms with Gasteiger partial charge in [-0.1, -0.05) is 29.8 Å². The molecule has 10 heteroatoms. The largest absolute Gasteiger partial charge is 0.326 e. The summed E-state index contributed by atoms with van der Waals surface area (Å²) in [5.41, 5.74) is 0.702. The fraction of sp³-hybridized carbons (Fsp3) is 0.278. The molecule has 1 N–H and O–H groups in total. The van der Waals surface area contributed by atoms with Crippen molar-refractivity contribution in [3.63, 3.8) is 0 Å². The molecule has 0 spiro atoms. The van der Waals surface area contributed by atoms with E-state index in [1.54, 1.807) is 37.3 Å². The summed E-state index contributed by atoms with van der Waals surface area (Å²) in [6.45, 7) is 1.89. The molecule has 0 radical (unpaired) electrons. The first-order chi connectivity index (χ1) is 13.3. The van der Waals surface area contributed by atoms with Gasteiger partial charge in [0.2, 0.25) is 11.9 Å². The van der Waals surface area contributed by atoms with Crippen LogP contribution in [0.25, 0.3) is 0 Å². The zero-order chi connectivity index (χ0) is 20.5. The van der Waals surface area contributed by atoms with Gasteiger partial charge in [-0.05, 0) is 37.3 Å². The van der Waals surface area contributed by atoms with Crippen LogP contribution in [-0.4, -0.2) is 31.8 Å². The van der Waals surface area contributed by atoms with Crippen LogP contribution in [-0.2, 0) is 14.8 Å². The number of hydrogen-bond donors (Lipinski definition) is 1. The normalized spacial score (nSPS) is 18.4. The first kappa shape index (κ1) is 20.1. The SMILES string of the molecule is CCN(c1ccccc1)S(=O)(=O)c1cc(NC(=O)[C@H]2C[C@H]2[N+](=O)[O-])ccc1Cl. The van der Waals surface area contributed by atoms with Gasteiger partial charge in [0.15, 0.2) is 0 Å². The van der Waals surface area contributed by atoms with Crippen molar-refractivity contribution in [3.05, 3.63) is 63.7 Å². The number of nitro groups is 1. The molecule has 0 saturated heterocycles. The van der Waals surface area contributed by atoms with Crippen LogP contribution in [0.1, 0.15) is 13.3 Å². The minimum Gasteiger partial charge on any atom is -0.326 e. The molecule has 0 bridgehead atoms. The second kappa shape index (κ2) is 7.76. The van der Waals surface area contributed by atoms with Crippen LogP contribution in [0.15, 0.2) is 53.4 Å². The third kappa shape index (κ3) is 3.95. The summed E-state index contributed by atoms with van der Waals surface area (Å²) < 4.78 is 27.5. The molecule has 2 aromatic rings. The maximum absolute atomic E-state index is 13.1. The van der Waals surface area contributed by atoms with Crippen LogP contribution >= 0.6 is 11.6 Å². The molecule has 0 aliphatic heterocycles. The Labute approximate surface area is 167 Å². The smallest absolute Gasteiger partial charge is 0.265 e. The van der Waals surface area contributed by atoms with Gasteiger partial charge in [0, 0.05) is 23.6 Å². The number of benzene rings is 2. The highest BCUT2D eigenvalue weighted by atomic mass is 35.5. The lowest BCUT2D eigenvalue weighted by molar-refractivity contribution is -0.497. The zero-order valence-corrected chi connectivity index (χ0v) is 16.5. The van der Waals surface area contributed by atoms with Crippen LogP contribution in [0.3, 0.4) is 0 Å². The molecule has 1 saturated carbocycles. The van der Waals surface area contributed by atoms with Gasteiger partial charge in [-0.25, -0.2) is 8.42 Å². The first-order valence-electron chi connectivity index (χ1n) is 8.57. The van der Waals surface area contributed by atoms with Crippen molar-refractivity contribution in [2.45, 2.75) is 24.3 Å². The molecule has 8 nitrogen and oxygen atoms in total. The number of amides is 1. The number of nitrogens with one attached hydrogen (secondary N) is 1. The molecule has 0 unspecified atom stereocenters. The number of sulfonamides is 1. The van der Waals surface area contributed by atoms with E-state index in [1.165, 1.54) is 22.5 Å². The molecule has 28 heavy (non-hydrogen) atoms. The number of nitrogens with zero attached hydrogens (tertiary/aromatic N) is 2. The van der Waals surface area contributed by atoms with E-state index in [0.717, 1.165) is 0 Å². The molecule has 0 heterocycles. The van der Waals surface area contributed by atoms with Crippen molar-refractivity contribution in [2.24, 2.45) is 5.92 Å². The number of rotatable bonds is 7. The summed E-state index contributed by atoms with van der Waals surface area (Å²) in [7, 11) is -3.98. The Morgan fingerprint density at radius 3 is 2.54 bits per heavy atom. The van der Waals surface area contributed by atoms with Crippen LogP contribution in [0.5, 0.6) is 0 Å². The Morgan fingerprint density at radius 1 is 1.29 bits per heavy atom. The molecule has 2 aromatic carbocycles. The van der Waals surface area contributed by atoms with Gasteiger partial charge in [-0.2, -0.15) is 0 Å². The summed E-state index contributed by atoms with van der Waals surface area (Å²) in [5, 5.41) is 13.3. The van der Waals surface area contributed by atoms with Gasteiger partial charge in [0.05, 0.1) is 10.7 Å². The van der Waals surface area contributed by atoms with Gasteiger partial charge in [0.1, 0.15) is 10.8 Å². The number of carbonyl (C=O) groups excluding carboxylic acids is 1. The quantitative estimate of drug-likeness (QED) is 0.543. The highest BCUT2D eigenvalue weighted by Crippen LogP contribution is 2.35. The third-order valence-electron chi connectivity index (χ3n) is 4.46. The molecule has 1 aliphatic rings. The summed E-state index contributed by atoms with van der Waals surface area (Å²) in [4.78, 5) is 22.2. The van der Waals surface area contributed by atoms with Crippen molar-refractivity contribution < 1.29 is 18.1 Å². The van der Waals surface area contributed by atoms with E-state index in [1.807, 2.05) is 0 Å². The maximum atomic E-state index is 13.1.